The molecule has 1 aromatic carbocycles. The van der Waals surface area contributed by atoms with E-state index < -0.39 is 0 Å². The predicted octanol–water partition coefficient (Wildman–Crippen LogP) is 1.09. The fourth-order valence-electron chi connectivity index (χ4n) is 1.38. The van der Waals surface area contributed by atoms with E-state index in [0.717, 1.165) is 23.6 Å². The normalized spacial score (nSPS) is 10.6. The number of nitrogens with two attached hydrogens (primary N) is 1. The fraction of sp³-hybridized carbons (Fsp3) is 0.500. The first-order valence-corrected chi connectivity index (χ1v) is 5.32. The maximum absolute atomic E-state index is 5.71. The van der Waals surface area contributed by atoms with E-state index in [1.165, 1.54) is 0 Å². The molecule has 16 heavy (non-hydrogen) atoms. The van der Waals surface area contributed by atoms with Crippen molar-refractivity contribution in [3.05, 3.63) is 23.8 Å². The number of ether oxygens (including phenoxy) is 2. The third-order valence-electron chi connectivity index (χ3n) is 2.29. The molecule has 0 aliphatic carbocycles. The van der Waals surface area contributed by atoms with Crippen LogP contribution in [0.2, 0.25) is 0 Å². The van der Waals surface area contributed by atoms with Gasteiger partial charge in [0, 0.05) is 18.7 Å². The summed E-state index contributed by atoms with van der Waals surface area (Å²) in [4.78, 5) is 2.07. The molecule has 0 aromatic heterocycles. The lowest BCUT2D eigenvalue weighted by Gasteiger charge is -2.15. The number of rotatable bonds is 6. The number of para-hydroxylation sites is 1. The molecule has 1 rings (SSSR count). The maximum Gasteiger partial charge on any atom is 0.165 e. The second-order valence-corrected chi connectivity index (χ2v) is 3.80. The van der Waals surface area contributed by atoms with E-state index in [0.29, 0.717) is 13.2 Å². The lowest BCUT2D eigenvalue weighted by molar-refractivity contribution is 0.248. The molecule has 0 aliphatic heterocycles. The van der Waals surface area contributed by atoms with Crippen LogP contribution in [0.4, 0.5) is 0 Å². The van der Waals surface area contributed by atoms with Crippen molar-refractivity contribution >= 4 is 0 Å². The van der Waals surface area contributed by atoms with Crippen molar-refractivity contribution in [2.75, 3.05) is 34.4 Å². The molecular formula is C12H20N2O2. The van der Waals surface area contributed by atoms with Crippen LogP contribution in [-0.2, 0) is 6.54 Å². The van der Waals surface area contributed by atoms with Crippen LogP contribution in [0.5, 0.6) is 11.5 Å². The minimum Gasteiger partial charge on any atom is -0.493 e. The molecule has 0 spiro atoms. The van der Waals surface area contributed by atoms with Gasteiger partial charge in [-0.1, -0.05) is 12.1 Å². The Balaban J connectivity index is 2.74. The monoisotopic (exact) mass is 224 g/mol. The Labute approximate surface area is 96.9 Å². The van der Waals surface area contributed by atoms with Crippen LogP contribution in [0.15, 0.2) is 18.2 Å². The Morgan fingerprint density at radius 2 is 2.06 bits per heavy atom. The van der Waals surface area contributed by atoms with Crippen LogP contribution in [0.3, 0.4) is 0 Å². The van der Waals surface area contributed by atoms with Crippen LogP contribution in [-0.4, -0.2) is 39.3 Å². The smallest absolute Gasteiger partial charge is 0.165 e. The average Bonchev–Trinajstić information content (AvgIpc) is 2.28. The summed E-state index contributed by atoms with van der Waals surface area (Å²) < 4.78 is 11.0. The first-order valence-electron chi connectivity index (χ1n) is 5.32. The van der Waals surface area contributed by atoms with Crippen LogP contribution < -0.4 is 15.2 Å². The number of hydrogen-bond donors (Lipinski definition) is 1. The van der Waals surface area contributed by atoms with E-state index in [2.05, 4.69) is 4.90 Å². The van der Waals surface area contributed by atoms with E-state index in [1.54, 1.807) is 7.11 Å². The summed E-state index contributed by atoms with van der Waals surface area (Å²) >= 11 is 0. The highest BCUT2D eigenvalue weighted by molar-refractivity contribution is 5.46. The van der Waals surface area contributed by atoms with Crippen molar-refractivity contribution in [3.8, 4) is 11.5 Å². The van der Waals surface area contributed by atoms with Crippen LogP contribution in [0.1, 0.15) is 5.56 Å². The summed E-state index contributed by atoms with van der Waals surface area (Å²) in [5.74, 6) is 1.50. The Morgan fingerprint density at radius 3 is 2.62 bits per heavy atom. The first kappa shape index (κ1) is 12.8. The summed E-state index contributed by atoms with van der Waals surface area (Å²) in [6.07, 6.45) is 0. The van der Waals surface area contributed by atoms with Gasteiger partial charge in [0.2, 0.25) is 0 Å². The van der Waals surface area contributed by atoms with Crippen molar-refractivity contribution in [1.29, 1.82) is 0 Å². The molecule has 0 unspecified atom stereocenters. The molecule has 0 bridgehead atoms. The van der Waals surface area contributed by atoms with Gasteiger partial charge in [0.05, 0.1) is 7.11 Å². The third-order valence-corrected chi connectivity index (χ3v) is 2.29. The Hall–Kier alpha value is -1.26. The van der Waals surface area contributed by atoms with Gasteiger partial charge in [-0.05, 0) is 20.2 Å². The van der Waals surface area contributed by atoms with E-state index in [1.807, 2.05) is 32.3 Å². The summed E-state index contributed by atoms with van der Waals surface area (Å²) in [5, 5.41) is 0. The van der Waals surface area contributed by atoms with Gasteiger partial charge in [0.25, 0.3) is 0 Å². The molecule has 0 saturated heterocycles. The van der Waals surface area contributed by atoms with Crippen molar-refractivity contribution in [3.63, 3.8) is 0 Å². The highest BCUT2D eigenvalue weighted by atomic mass is 16.5. The Kier molecular flexibility index (Phi) is 5.08. The Bertz CT molecular complexity index is 305. The molecule has 4 nitrogen and oxygen atoms in total. The van der Waals surface area contributed by atoms with Crippen molar-refractivity contribution in [2.24, 2.45) is 5.73 Å². The molecule has 0 aliphatic rings. The SMILES string of the molecule is COc1cccc(CN)c1OCCN(C)C. The zero-order valence-electron chi connectivity index (χ0n) is 10.2. The molecule has 4 heteroatoms. The second kappa shape index (κ2) is 6.35. The number of likely N-dealkylation sites (N-methyl/N-ethyl adjacent to an activating group) is 1. The van der Waals surface area contributed by atoms with Gasteiger partial charge in [-0.3, -0.25) is 0 Å². The summed E-state index contributed by atoms with van der Waals surface area (Å²) in [7, 11) is 5.65. The molecule has 0 amide bonds. The van der Waals surface area contributed by atoms with Gasteiger partial charge in [-0.2, -0.15) is 0 Å². The number of methoxy groups -OCH3 is 1. The minimum atomic E-state index is 0.453. The summed E-state index contributed by atoms with van der Waals surface area (Å²) in [6.45, 7) is 1.94. The molecule has 1 aromatic rings. The van der Waals surface area contributed by atoms with Crippen LogP contribution in [0.25, 0.3) is 0 Å². The van der Waals surface area contributed by atoms with Gasteiger partial charge in [0.15, 0.2) is 11.5 Å². The molecule has 0 fully saturated rings. The lowest BCUT2D eigenvalue weighted by Crippen LogP contribution is -2.20. The molecule has 0 saturated carbocycles. The molecular weight excluding hydrogens is 204 g/mol. The fourth-order valence-corrected chi connectivity index (χ4v) is 1.38. The summed E-state index contributed by atoms with van der Waals surface area (Å²) in [6, 6.07) is 5.75. The van der Waals surface area contributed by atoms with Gasteiger partial charge >= 0.3 is 0 Å². The standard InChI is InChI=1S/C12H20N2O2/c1-14(2)7-8-16-12-10(9-13)5-4-6-11(12)15-3/h4-6H,7-9,13H2,1-3H3. The number of nitrogens with zero attached hydrogens (tertiary/aromatic N) is 1. The average molecular weight is 224 g/mol. The van der Waals surface area contributed by atoms with Gasteiger partial charge in [-0.25, -0.2) is 0 Å². The van der Waals surface area contributed by atoms with Crippen molar-refractivity contribution < 1.29 is 9.47 Å². The summed E-state index contributed by atoms with van der Waals surface area (Å²) in [5.41, 5.74) is 6.63. The van der Waals surface area contributed by atoms with Gasteiger partial charge in [-0.15, -0.1) is 0 Å². The van der Waals surface area contributed by atoms with Crippen LogP contribution in [0, 0.1) is 0 Å². The molecule has 2 N–H and O–H groups in total. The van der Waals surface area contributed by atoms with Gasteiger partial charge in [0.1, 0.15) is 6.61 Å². The third kappa shape index (κ3) is 3.40. The zero-order chi connectivity index (χ0) is 12.0. The van der Waals surface area contributed by atoms with Crippen molar-refractivity contribution in [1.82, 2.24) is 4.90 Å². The van der Waals surface area contributed by atoms with Crippen LogP contribution >= 0.6 is 0 Å². The molecule has 0 heterocycles. The molecule has 0 atom stereocenters. The van der Waals surface area contributed by atoms with E-state index >= 15 is 0 Å². The number of hydrogen-bond acceptors (Lipinski definition) is 4. The molecule has 0 radical (unpaired) electrons. The molecule has 90 valence electrons. The largest absolute Gasteiger partial charge is 0.493 e. The second-order valence-electron chi connectivity index (χ2n) is 3.80. The van der Waals surface area contributed by atoms with E-state index in [4.69, 9.17) is 15.2 Å². The van der Waals surface area contributed by atoms with E-state index in [-0.39, 0.29) is 0 Å². The number of benzene rings is 1. The Morgan fingerprint density at radius 1 is 1.31 bits per heavy atom. The van der Waals surface area contributed by atoms with Gasteiger partial charge < -0.3 is 20.1 Å². The highest BCUT2D eigenvalue weighted by Crippen LogP contribution is 2.30. The maximum atomic E-state index is 5.71. The zero-order valence-corrected chi connectivity index (χ0v) is 10.2. The minimum absolute atomic E-state index is 0.453. The quantitative estimate of drug-likeness (QED) is 0.786. The first-order chi connectivity index (χ1) is 7.69. The topological polar surface area (TPSA) is 47.7 Å². The van der Waals surface area contributed by atoms with E-state index in [9.17, 15) is 0 Å². The highest BCUT2D eigenvalue weighted by Gasteiger charge is 2.09. The lowest BCUT2D eigenvalue weighted by atomic mass is 10.2. The predicted molar refractivity (Wildman–Crippen MR) is 64.9 cm³/mol. The van der Waals surface area contributed by atoms with Crippen molar-refractivity contribution in [2.45, 2.75) is 6.54 Å².